The maximum Gasteiger partial charge on any atom is 0.407 e. The first kappa shape index (κ1) is 16.2. The number of carbonyl (C=O) groups excluding carboxylic acids is 2. The monoisotopic (exact) mass is 297 g/mol. The fourth-order valence-electron chi connectivity index (χ4n) is 1.31. The molecule has 0 radical (unpaired) electrons. The van der Waals surface area contributed by atoms with Gasteiger partial charge in [-0.1, -0.05) is 0 Å². The molecule has 0 aliphatic rings. The first-order valence-corrected chi connectivity index (χ1v) is 5.91. The molecule has 0 atom stereocenters. The van der Waals surface area contributed by atoms with Crippen LogP contribution in [0.5, 0.6) is 0 Å². The molecule has 10 nitrogen and oxygen atoms in total. The molecule has 1 aromatic carbocycles. The van der Waals surface area contributed by atoms with Crippen molar-refractivity contribution in [1.82, 2.24) is 16.1 Å². The van der Waals surface area contributed by atoms with E-state index in [1.807, 2.05) is 5.43 Å². The zero-order valence-corrected chi connectivity index (χ0v) is 11.0. The fraction of sp³-hybridized carbons (Fsp3) is 0.273. The third kappa shape index (κ3) is 6.20. The summed E-state index contributed by atoms with van der Waals surface area (Å²) in [5, 5.41) is 15.2. The predicted molar refractivity (Wildman–Crippen MR) is 72.0 cm³/mol. The maximum absolute atomic E-state index is 11.3. The number of nitrogens with zero attached hydrogens (tertiary/aromatic N) is 1. The number of nitro benzene ring substituents is 1. The van der Waals surface area contributed by atoms with Gasteiger partial charge in [-0.15, -0.1) is 0 Å². The number of rotatable bonds is 6. The molecule has 0 aliphatic carbocycles. The molecule has 114 valence electrons. The average molecular weight is 297 g/mol. The molecule has 1 rings (SSSR count). The molecule has 0 spiro atoms. The van der Waals surface area contributed by atoms with Crippen LogP contribution in [-0.2, 0) is 11.3 Å². The van der Waals surface area contributed by atoms with Gasteiger partial charge >= 0.3 is 12.1 Å². The highest BCUT2D eigenvalue weighted by Gasteiger charge is 2.06. The summed E-state index contributed by atoms with van der Waals surface area (Å²) >= 11 is 0. The number of hydrazine groups is 1. The lowest BCUT2D eigenvalue weighted by Crippen LogP contribution is -2.43. The lowest BCUT2D eigenvalue weighted by atomic mass is 10.2. The molecule has 3 amide bonds. The number of nitrogens with two attached hydrogens (primary N) is 1. The van der Waals surface area contributed by atoms with E-state index in [2.05, 4.69) is 10.6 Å². The van der Waals surface area contributed by atoms with Crippen LogP contribution < -0.4 is 21.9 Å². The molecule has 0 aromatic heterocycles. The van der Waals surface area contributed by atoms with E-state index in [4.69, 9.17) is 10.6 Å². The number of nitrogens with one attached hydrogen (secondary N) is 3. The summed E-state index contributed by atoms with van der Waals surface area (Å²) in [4.78, 5) is 32.0. The number of hydrogen-bond acceptors (Lipinski definition) is 6. The second-order valence-electron chi connectivity index (χ2n) is 3.83. The van der Waals surface area contributed by atoms with Crippen LogP contribution in [0.15, 0.2) is 24.3 Å². The van der Waals surface area contributed by atoms with E-state index < -0.39 is 17.0 Å². The summed E-state index contributed by atoms with van der Waals surface area (Å²) in [5.41, 5.74) is 2.46. The summed E-state index contributed by atoms with van der Waals surface area (Å²) in [7, 11) is 0. The molecular formula is C11H15N5O5. The van der Waals surface area contributed by atoms with Crippen molar-refractivity contribution in [2.75, 3.05) is 13.1 Å². The Labute approximate surface area is 119 Å². The lowest BCUT2D eigenvalue weighted by molar-refractivity contribution is -0.384. The SMILES string of the molecule is NNC(=O)NCCNC(=O)OCc1ccc([N+](=O)[O-])cc1. The van der Waals surface area contributed by atoms with E-state index in [0.717, 1.165) is 0 Å². The Bertz CT molecular complexity index is 504. The first-order chi connectivity index (χ1) is 10.0. The second-order valence-corrected chi connectivity index (χ2v) is 3.83. The number of carbonyl (C=O) groups is 2. The number of alkyl carbamates (subject to hydrolysis) is 1. The Hall–Kier alpha value is -2.88. The number of nitro groups is 1. The maximum atomic E-state index is 11.3. The van der Waals surface area contributed by atoms with Gasteiger partial charge in [-0.3, -0.25) is 15.5 Å². The van der Waals surface area contributed by atoms with Crippen molar-refractivity contribution in [3.63, 3.8) is 0 Å². The Kier molecular flexibility index (Phi) is 6.41. The number of hydrogen-bond donors (Lipinski definition) is 4. The van der Waals surface area contributed by atoms with Crippen LogP contribution in [0.4, 0.5) is 15.3 Å². The fourth-order valence-corrected chi connectivity index (χ4v) is 1.31. The van der Waals surface area contributed by atoms with Crippen LogP contribution in [0.2, 0.25) is 0 Å². The number of ether oxygens (including phenoxy) is 1. The van der Waals surface area contributed by atoms with Gasteiger partial charge in [-0.05, 0) is 17.7 Å². The van der Waals surface area contributed by atoms with E-state index in [1.54, 1.807) is 0 Å². The van der Waals surface area contributed by atoms with E-state index >= 15 is 0 Å². The number of amides is 3. The Morgan fingerprint density at radius 1 is 1.19 bits per heavy atom. The second kappa shape index (κ2) is 8.32. The van der Waals surface area contributed by atoms with E-state index in [-0.39, 0.29) is 25.4 Å². The van der Waals surface area contributed by atoms with Gasteiger partial charge in [0.1, 0.15) is 6.61 Å². The Balaban J connectivity index is 2.23. The topological polar surface area (TPSA) is 149 Å². The molecule has 0 aliphatic heterocycles. The van der Waals surface area contributed by atoms with Gasteiger partial charge in [-0.2, -0.15) is 0 Å². The van der Waals surface area contributed by atoms with Crippen LogP contribution in [0.3, 0.4) is 0 Å². The molecule has 0 saturated carbocycles. The van der Waals surface area contributed by atoms with Gasteiger partial charge in [0.2, 0.25) is 0 Å². The first-order valence-electron chi connectivity index (χ1n) is 5.91. The third-order valence-corrected chi connectivity index (χ3v) is 2.33. The van der Waals surface area contributed by atoms with Crippen LogP contribution in [0.1, 0.15) is 5.56 Å². The average Bonchev–Trinajstić information content (AvgIpc) is 2.49. The van der Waals surface area contributed by atoms with Crippen molar-refractivity contribution in [2.45, 2.75) is 6.61 Å². The van der Waals surface area contributed by atoms with Crippen LogP contribution in [-0.4, -0.2) is 30.1 Å². The molecule has 0 saturated heterocycles. The van der Waals surface area contributed by atoms with Crippen LogP contribution >= 0.6 is 0 Å². The number of benzene rings is 1. The van der Waals surface area contributed by atoms with Crippen molar-refractivity contribution in [3.05, 3.63) is 39.9 Å². The lowest BCUT2D eigenvalue weighted by Gasteiger charge is -2.07. The molecule has 0 bridgehead atoms. The summed E-state index contributed by atoms with van der Waals surface area (Å²) in [6.45, 7) is 0.350. The van der Waals surface area contributed by atoms with Gasteiger partial charge in [0.05, 0.1) is 4.92 Å². The quantitative estimate of drug-likeness (QED) is 0.191. The summed E-state index contributed by atoms with van der Waals surface area (Å²) in [6, 6.07) is 5.09. The molecular weight excluding hydrogens is 282 g/mol. The zero-order chi connectivity index (χ0) is 15.7. The molecule has 0 heterocycles. The van der Waals surface area contributed by atoms with Gasteiger partial charge < -0.3 is 15.4 Å². The Morgan fingerprint density at radius 2 is 1.81 bits per heavy atom. The van der Waals surface area contributed by atoms with Crippen LogP contribution in [0, 0.1) is 10.1 Å². The number of urea groups is 1. The summed E-state index contributed by atoms with van der Waals surface area (Å²) in [5.74, 6) is 4.84. The molecule has 0 unspecified atom stereocenters. The Morgan fingerprint density at radius 3 is 2.38 bits per heavy atom. The highest BCUT2D eigenvalue weighted by atomic mass is 16.6. The minimum absolute atomic E-state index is 0.0134. The van der Waals surface area contributed by atoms with E-state index in [9.17, 15) is 19.7 Å². The van der Waals surface area contributed by atoms with Crippen molar-refractivity contribution >= 4 is 17.8 Å². The molecule has 0 fully saturated rings. The van der Waals surface area contributed by atoms with E-state index in [1.165, 1.54) is 24.3 Å². The summed E-state index contributed by atoms with van der Waals surface area (Å²) in [6.07, 6.45) is -0.664. The van der Waals surface area contributed by atoms with Crippen LogP contribution in [0.25, 0.3) is 0 Å². The molecule has 5 N–H and O–H groups in total. The highest BCUT2D eigenvalue weighted by Crippen LogP contribution is 2.12. The molecule has 1 aromatic rings. The zero-order valence-electron chi connectivity index (χ0n) is 11.0. The van der Waals surface area contributed by atoms with Crippen molar-refractivity contribution < 1.29 is 19.2 Å². The van der Waals surface area contributed by atoms with Crippen molar-refractivity contribution in [2.24, 2.45) is 5.84 Å². The molecule has 10 heteroatoms. The minimum atomic E-state index is -0.664. The van der Waals surface area contributed by atoms with E-state index in [0.29, 0.717) is 5.56 Å². The predicted octanol–water partition coefficient (Wildman–Crippen LogP) is -0.00610. The number of non-ortho nitro benzene ring substituents is 1. The minimum Gasteiger partial charge on any atom is -0.445 e. The smallest absolute Gasteiger partial charge is 0.407 e. The largest absolute Gasteiger partial charge is 0.445 e. The summed E-state index contributed by atoms with van der Waals surface area (Å²) < 4.78 is 4.89. The highest BCUT2D eigenvalue weighted by molar-refractivity contribution is 5.73. The van der Waals surface area contributed by atoms with Gasteiger partial charge in [0.25, 0.3) is 5.69 Å². The standard InChI is InChI=1S/C11H15N5O5/c12-15-10(17)13-5-6-14-11(18)21-7-8-1-3-9(4-2-8)16(19)20/h1-4H,5-7,12H2,(H,14,18)(H2,13,15,17). The van der Waals surface area contributed by atoms with Crippen molar-refractivity contribution in [1.29, 1.82) is 0 Å². The van der Waals surface area contributed by atoms with Gasteiger partial charge in [0.15, 0.2) is 0 Å². The van der Waals surface area contributed by atoms with Crippen molar-refractivity contribution in [3.8, 4) is 0 Å². The molecule has 21 heavy (non-hydrogen) atoms. The normalized spacial score (nSPS) is 9.57. The van der Waals surface area contributed by atoms with Gasteiger partial charge in [-0.25, -0.2) is 15.4 Å². The third-order valence-electron chi connectivity index (χ3n) is 2.33. The van der Waals surface area contributed by atoms with Gasteiger partial charge in [0, 0.05) is 25.2 Å².